The van der Waals surface area contributed by atoms with Crippen LogP contribution in [-0.4, -0.2) is 16.3 Å². The van der Waals surface area contributed by atoms with Gasteiger partial charge in [-0.2, -0.15) is 10.4 Å². The van der Waals surface area contributed by atoms with Crippen LogP contribution in [0.3, 0.4) is 0 Å². The Bertz CT molecular complexity index is 666. The van der Waals surface area contributed by atoms with Crippen molar-refractivity contribution < 1.29 is 9.52 Å². The highest BCUT2D eigenvalue weighted by Gasteiger charge is 2.13. The van der Waals surface area contributed by atoms with Crippen LogP contribution in [0.5, 0.6) is 5.75 Å². The average Bonchev–Trinajstić information content (AvgIpc) is 2.82. The fourth-order valence-electron chi connectivity index (χ4n) is 1.68. The lowest BCUT2D eigenvalue weighted by Crippen LogP contribution is -1.93. The van der Waals surface area contributed by atoms with E-state index in [1.807, 2.05) is 19.9 Å². The van der Waals surface area contributed by atoms with Gasteiger partial charge in [0.15, 0.2) is 5.89 Å². The average molecular weight is 284 g/mol. The molecule has 0 aliphatic rings. The van der Waals surface area contributed by atoms with E-state index < -0.39 is 0 Å². The summed E-state index contributed by atoms with van der Waals surface area (Å²) < 4.78 is 5.48. The number of hydrazone groups is 1. The van der Waals surface area contributed by atoms with Gasteiger partial charge in [0.25, 0.3) is 5.88 Å². The first kappa shape index (κ1) is 14.6. The predicted molar refractivity (Wildman–Crippen MR) is 79.1 cm³/mol. The van der Waals surface area contributed by atoms with E-state index in [0.717, 1.165) is 5.56 Å². The fourth-order valence-corrected chi connectivity index (χ4v) is 1.68. The molecule has 6 nitrogen and oxygen atoms in total. The molecule has 0 aliphatic carbocycles. The molecule has 1 heterocycles. The third-order valence-corrected chi connectivity index (χ3v) is 2.63. The molecule has 2 N–H and O–H groups in total. The van der Waals surface area contributed by atoms with Gasteiger partial charge in [0.1, 0.15) is 11.8 Å². The van der Waals surface area contributed by atoms with Crippen LogP contribution in [0.25, 0.3) is 0 Å². The Morgan fingerprint density at radius 2 is 2.14 bits per heavy atom. The Labute approximate surface area is 122 Å². The second-order valence-electron chi connectivity index (χ2n) is 4.96. The van der Waals surface area contributed by atoms with Crippen LogP contribution >= 0.6 is 0 Å². The minimum Gasteiger partial charge on any atom is -0.508 e. The molecule has 0 saturated heterocycles. The molecule has 21 heavy (non-hydrogen) atoms. The number of phenols is 1. The molecule has 0 fully saturated rings. The van der Waals surface area contributed by atoms with Crippen LogP contribution in [-0.2, 0) is 6.42 Å². The van der Waals surface area contributed by atoms with E-state index in [9.17, 15) is 5.11 Å². The smallest absolute Gasteiger partial charge is 0.252 e. The maximum absolute atomic E-state index is 9.18. The normalized spacial score (nSPS) is 11.0. The van der Waals surface area contributed by atoms with Gasteiger partial charge in [-0.1, -0.05) is 13.8 Å². The highest BCUT2D eigenvalue weighted by atomic mass is 16.4. The van der Waals surface area contributed by atoms with Gasteiger partial charge in [-0.3, -0.25) is 0 Å². The van der Waals surface area contributed by atoms with E-state index in [0.29, 0.717) is 18.2 Å². The summed E-state index contributed by atoms with van der Waals surface area (Å²) in [6.45, 7) is 4.10. The van der Waals surface area contributed by atoms with E-state index in [2.05, 4.69) is 15.5 Å². The molecule has 0 atom stereocenters. The number of oxazole rings is 1. The molecule has 0 aliphatic heterocycles. The molecule has 2 rings (SSSR count). The second-order valence-corrected chi connectivity index (χ2v) is 4.96. The van der Waals surface area contributed by atoms with Crippen molar-refractivity contribution in [1.82, 2.24) is 4.98 Å². The van der Waals surface area contributed by atoms with E-state index in [1.54, 1.807) is 30.5 Å². The number of rotatable bonds is 5. The molecule has 0 unspecified atom stereocenters. The lowest BCUT2D eigenvalue weighted by atomic mass is 10.1. The van der Waals surface area contributed by atoms with E-state index in [4.69, 9.17) is 9.68 Å². The van der Waals surface area contributed by atoms with Crippen LogP contribution in [0, 0.1) is 17.2 Å². The summed E-state index contributed by atoms with van der Waals surface area (Å²) in [6.07, 6.45) is 2.23. The first-order chi connectivity index (χ1) is 10.1. The summed E-state index contributed by atoms with van der Waals surface area (Å²) in [4.78, 5) is 4.11. The van der Waals surface area contributed by atoms with E-state index in [-0.39, 0.29) is 17.3 Å². The SMILES string of the molecule is CC(C)Cc1nc(C#N)c(NN=Cc2ccc(O)cc2)o1. The van der Waals surface area contributed by atoms with Gasteiger partial charge < -0.3 is 9.52 Å². The van der Waals surface area contributed by atoms with Crippen molar-refractivity contribution in [3.8, 4) is 11.8 Å². The molecular weight excluding hydrogens is 268 g/mol. The molecule has 0 saturated carbocycles. The van der Waals surface area contributed by atoms with Crippen molar-refractivity contribution in [3.05, 3.63) is 41.4 Å². The maximum atomic E-state index is 9.18. The molecule has 0 spiro atoms. The van der Waals surface area contributed by atoms with Crippen LogP contribution in [0.1, 0.15) is 31.0 Å². The summed E-state index contributed by atoms with van der Waals surface area (Å²) >= 11 is 0. The van der Waals surface area contributed by atoms with Crippen LogP contribution < -0.4 is 5.43 Å². The van der Waals surface area contributed by atoms with Gasteiger partial charge in [-0.05, 0) is 35.7 Å². The van der Waals surface area contributed by atoms with Gasteiger partial charge >= 0.3 is 0 Å². The first-order valence-electron chi connectivity index (χ1n) is 6.56. The van der Waals surface area contributed by atoms with Crippen LogP contribution in [0.15, 0.2) is 33.8 Å². The van der Waals surface area contributed by atoms with Gasteiger partial charge in [0, 0.05) is 6.42 Å². The summed E-state index contributed by atoms with van der Waals surface area (Å²) in [5, 5.41) is 22.2. The Balaban J connectivity index is 2.07. The highest BCUT2D eigenvalue weighted by molar-refractivity contribution is 5.80. The Morgan fingerprint density at radius 1 is 1.43 bits per heavy atom. The number of nitrogens with one attached hydrogen (secondary N) is 1. The van der Waals surface area contributed by atoms with Gasteiger partial charge in [-0.25, -0.2) is 10.4 Å². The molecule has 108 valence electrons. The molecular formula is C15H16N4O2. The summed E-state index contributed by atoms with van der Waals surface area (Å²) in [6, 6.07) is 8.54. The first-order valence-corrected chi connectivity index (χ1v) is 6.56. The van der Waals surface area contributed by atoms with Crippen molar-refractivity contribution in [2.45, 2.75) is 20.3 Å². The van der Waals surface area contributed by atoms with Crippen molar-refractivity contribution in [2.24, 2.45) is 11.0 Å². The Kier molecular flexibility index (Phi) is 4.57. The number of benzene rings is 1. The number of anilines is 1. The molecule has 1 aromatic heterocycles. The number of aromatic nitrogens is 1. The number of nitrogens with zero attached hydrogens (tertiary/aromatic N) is 3. The van der Waals surface area contributed by atoms with Crippen molar-refractivity contribution in [2.75, 3.05) is 5.43 Å². The molecule has 0 radical (unpaired) electrons. The third-order valence-electron chi connectivity index (χ3n) is 2.63. The summed E-state index contributed by atoms with van der Waals surface area (Å²) in [5.74, 6) is 1.34. The number of aromatic hydroxyl groups is 1. The minimum absolute atomic E-state index is 0.188. The van der Waals surface area contributed by atoms with Gasteiger partial charge in [-0.15, -0.1) is 0 Å². The number of hydrogen-bond acceptors (Lipinski definition) is 6. The number of nitriles is 1. The molecule has 2 aromatic rings. The molecule has 0 amide bonds. The molecule has 0 bridgehead atoms. The number of phenolic OH excluding ortho intramolecular Hbond substituents is 1. The van der Waals surface area contributed by atoms with E-state index in [1.165, 1.54) is 0 Å². The summed E-state index contributed by atoms with van der Waals surface area (Å²) in [5.41, 5.74) is 3.67. The third kappa shape index (κ3) is 4.08. The zero-order valence-corrected chi connectivity index (χ0v) is 11.9. The second kappa shape index (κ2) is 6.57. The Hall–Kier alpha value is -2.81. The predicted octanol–water partition coefficient (Wildman–Crippen LogP) is 2.90. The van der Waals surface area contributed by atoms with Crippen molar-refractivity contribution in [3.63, 3.8) is 0 Å². The largest absolute Gasteiger partial charge is 0.508 e. The zero-order valence-electron chi connectivity index (χ0n) is 11.9. The molecule has 1 aromatic carbocycles. The maximum Gasteiger partial charge on any atom is 0.252 e. The Morgan fingerprint density at radius 3 is 2.76 bits per heavy atom. The van der Waals surface area contributed by atoms with E-state index >= 15 is 0 Å². The monoisotopic (exact) mass is 284 g/mol. The van der Waals surface area contributed by atoms with Crippen molar-refractivity contribution >= 4 is 12.1 Å². The van der Waals surface area contributed by atoms with Crippen LogP contribution in [0.4, 0.5) is 5.88 Å². The van der Waals surface area contributed by atoms with Crippen molar-refractivity contribution in [1.29, 1.82) is 5.26 Å². The quantitative estimate of drug-likeness (QED) is 0.650. The molecule has 6 heteroatoms. The zero-order chi connectivity index (χ0) is 15.2. The number of hydrogen-bond donors (Lipinski definition) is 2. The fraction of sp³-hybridized carbons (Fsp3) is 0.267. The highest BCUT2D eigenvalue weighted by Crippen LogP contribution is 2.18. The summed E-state index contributed by atoms with van der Waals surface area (Å²) in [7, 11) is 0. The standard InChI is InChI=1S/C15H16N4O2/c1-10(2)7-14-18-13(8-16)15(21-14)19-17-9-11-3-5-12(20)6-4-11/h3-6,9-10,19-20H,7H2,1-2H3. The van der Waals surface area contributed by atoms with Gasteiger partial charge in [0.2, 0.25) is 5.69 Å². The van der Waals surface area contributed by atoms with Gasteiger partial charge in [0.05, 0.1) is 6.21 Å². The topological polar surface area (TPSA) is 94.4 Å². The lowest BCUT2D eigenvalue weighted by Gasteiger charge is -1.98. The minimum atomic E-state index is 0.188. The van der Waals surface area contributed by atoms with Crippen LogP contribution in [0.2, 0.25) is 0 Å². The lowest BCUT2D eigenvalue weighted by molar-refractivity contribution is 0.466.